The molecule has 1 aromatic carbocycles. The number of benzene rings is 1. The number of nitrogens with one attached hydrogen (secondary N) is 1. The number of furan rings is 1. The Bertz CT molecular complexity index is 1470. The molecule has 0 unspecified atom stereocenters. The van der Waals surface area contributed by atoms with Crippen LogP contribution in [0.1, 0.15) is 11.4 Å². The molecule has 5 rings (SSSR count). The zero-order chi connectivity index (χ0) is 25.5. The second kappa shape index (κ2) is 11.2. The van der Waals surface area contributed by atoms with E-state index in [-0.39, 0.29) is 12.6 Å². The van der Waals surface area contributed by atoms with E-state index in [1.807, 2.05) is 36.4 Å². The Morgan fingerprint density at radius 1 is 0.946 bits per heavy atom. The molecule has 0 atom stereocenters. The van der Waals surface area contributed by atoms with Crippen molar-refractivity contribution in [1.29, 1.82) is 0 Å². The van der Waals surface area contributed by atoms with Crippen LogP contribution in [0.4, 0.5) is 5.95 Å². The second-order valence-electron chi connectivity index (χ2n) is 7.94. The van der Waals surface area contributed by atoms with Gasteiger partial charge < -0.3 is 13.9 Å². The van der Waals surface area contributed by atoms with Crippen molar-refractivity contribution in [2.24, 2.45) is 0 Å². The highest BCUT2D eigenvalue weighted by atomic mass is 16.5. The van der Waals surface area contributed by atoms with Gasteiger partial charge in [-0.2, -0.15) is 0 Å². The molecule has 0 saturated heterocycles. The molecule has 0 fully saturated rings. The van der Waals surface area contributed by atoms with Crippen LogP contribution >= 0.6 is 0 Å². The van der Waals surface area contributed by atoms with Crippen molar-refractivity contribution in [3.63, 3.8) is 0 Å². The van der Waals surface area contributed by atoms with Gasteiger partial charge in [0.1, 0.15) is 17.1 Å². The van der Waals surface area contributed by atoms with Crippen molar-refractivity contribution in [1.82, 2.24) is 29.9 Å². The van der Waals surface area contributed by atoms with Crippen LogP contribution in [0, 0.1) is 0 Å². The lowest BCUT2D eigenvalue weighted by atomic mass is 10.2. The minimum absolute atomic E-state index is 0.0917. The molecular formula is C26H23N7O4. The highest BCUT2D eigenvalue weighted by molar-refractivity contribution is 5.90. The molecule has 0 bridgehead atoms. The predicted octanol–water partition coefficient (Wildman–Crippen LogP) is 3.60. The molecule has 4 aromatic heterocycles. The Hall–Kier alpha value is -4.90. The Balaban J connectivity index is 1.36. The zero-order valence-corrected chi connectivity index (χ0v) is 19.9. The number of aromatic nitrogens is 6. The molecule has 0 radical (unpaired) electrons. The Labute approximate surface area is 212 Å². The maximum absolute atomic E-state index is 12.5. The number of amides is 1. The van der Waals surface area contributed by atoms with Crippen LogP contribution in [0.5, 0.6) is 5.75 Å². The normalized spacial score (nSPS) is 10.8. The van der Waals surface area contributed by atoms with Crippen LogP contribution in [0.25, 0.3) is 22.8 Å². The van der Waals surface area contributed by atoms with E-state index in [2.05, 4.69) is 30.6 Å². The minimum Gasteiger partial charge on any atom is -0.484 e. The van der Waals surface area contributed by atoms with Gasteiger partial charge in [0.15, 0.2) is 12.4 Å². The molecule has 37 heavy (non-hydrogen) atoms. The first-order valence-electron chi connectivity index (χ1n) is 11.4. The van der Waals surface area contributed by atoms with Gasteiger partial charge in [-0.05, 0) is 42.5 Å². The second-order valence-corrected chi connectivity index (χ2v) is 7.94. The zero-order valence-electron chi connectivity index (χ0n) is 19.9. The Morgan fingerprint density at radius 3 is 2.59 bits per heavy atom. The van der Waals surface area contributed by atoms with Crippen molar-refractivity contribution >= 4 is 11.9 Å². The lowest BCUT2D eigenvalue weighted by Crippen LogP contribution is -2.21. The molecule has 0 aliphatic heterocycles. The smallest absolute Gasteiger partial charge is 0.264 e. The van der Waals surface area contributed by atoms with Gasteiger partial charge in [0.25, 0.3) is 5.91 Å². The summed E-state index contributed by atoms with van der Waals surface area (Å²) in [6.07, 6.45) is 3.30. The van der Waals surface area contributed by atoms with Gasteiger partial charge in [-0.25, -0.2) is 14.6 Å². The molecular weight excluding hydrogens is 474 g/mol. The van der Waals surface area contributed by atoms with Gasteiger partial charge in [-0.1, -0.05) is 29.5 Å². The predicted molar refractivity (Wildman–Crippen MR) is 133 cm³/mol. The highest BCUT2D eigenvalue weighted by Crippen LogP contribution is 2.24. The summed E-state index contributed by atoms with van der Waals surface area (Å²) in [5.74, 6) is 0.791. The third-order valence-corrected chi connectivity index (χ3v) is 5.15. The number of carbonyl (C=O) groups excluding carboxylic acids is 1. The number of methoxy groups -OCH3 is 1. The fourth-order valence-corrected chi connectivity index (χ4v) is 3.52. The molecule has 0 aliphatic carbocycles. The standard InChI is InChI=1S/C26H23N7O4/c1-35-16-19-8-5-7-18(27-19)14-33-15-23(31-32-33)21-13-22(24-11-6-12-36-24)29-26(28-21)30-25(34)17-37-20-9-3-2-4-10-20/h2-13,15H,14,16-17H2,1H3,(H,28,29,30,34). The SMILES string of the molecule is COCc1cccc(Cn2cc(-c3cc(-c4ccco4)nc(NC(=O)COc4ccccc4)n3)nn2)n1. The first-order chi connectivity index (χ1) is 18.2. The van der Waals surface area contributed by atoms with Crippen molar-refractivity contribution in [2.45, 2.75) is 13.2 Å². The number of carbonyl (C=O) groups is 1. The van der Waals surface area contributed by atoms with Crippen LogP contribution < -0.4 is 10.1 Å². The van der Waals surface area contributed by atoms with Gasteiger partial charge in [-0.15, -0.1) is 5.10 Å². The molecule has 0 saturated carbocycles. The first-order valence-corrected chi connectivity index (χ1v) is 11.4. The van der Waals surface area contributed by atoms with E-state index < -0.39 is 5.91 Å². The number of nitrogens with zero attached hydrogens (tertiary/aromatic N) is 6. The summed E-state index contributed by atoms with van der Waals surface area (Å²) in [6.45, 7) is 0.651. The van der Waals surface area contributed by atoms with E-state index in [9.17, 15) is 4.79 Å². The maximum atomic E-state index is 12.5. The molecule has 5 aromatic rings. The third kappa shape index (κ3) is 6.21. The summed E-state index contributed by atoms with van der Waals surface area (Å²) >= 11 is 0. The number of para-hydroxylation sites is 1. The fourth-order valence-electron chi connectivity index (χ4n) is 3.52. The van der Waals surface area contributed by atoms with Gasteiger partial charge in [0, 0.05) is 7.11 Å². The van der Waals surface area contributed by atoms with Gasteiger partial charge in [0.2, 0.25) is 5.95 Å². The third-order valence-electron chi connectivity index (χ3n) is 5.15. The molecule has 1 amide bonds. The summed E-state index contributed by atoms with van der Waals surface area (Å²) in [6, 6.07) is 20.0. The van der Waals surface area contributed by atoms with E-state index in [1.54, 1.807) is 54.6 Å². The van der Waals surface area contributed by atoms with E-state index in [1.165, 1.54) is 0 Å². The minimum atomic E-state index is -0.405. The van der Waals surface area contributed by atoms with E-state index in [4.69, 9.17) is 13.9 Å². The fraction of sp³-hybridized carbons (Fsp3) is 0.154. The van der Waals surface area contributed by atoms with Crippen LogP contribution in [0.2, 0.25) is 0 Å². The van der Waals surface area contributed by atoms with Crippen LogP contribution in [-0.2, 0) is 22.7 Å². The lowest BCUT2D eigenvalue weighted by molar-refractivity contribution is -0.118. The molecule has 1 N–H and O–H groups in total. The maximum Gasteiger partial charge on any atom is 0.264 e. The topological polar surface area (TPSA) is 130 Å². The van der Waals surface area contributed by atoms with Crippen LogP contribution in [0.15, 0.2) is 83.6 Å². The summed E-state index contributed by atoms with van der Waals surface area (Å²) in [4.78, 5) is 26.0. The van der Waals surface area contributed by atoms with Gasteiger partial charge in [0.05, 0.1) is 42.7 Å². The van der Waals surface area contributed by atoms with E-state index in [0.717, 1.165) is 11.4 Å². The van der Waals surface area contributed by atoms with Crippen molar-refractivity contribution in [3.05, 3.63) is 90.6 Å². The van der Waals surface area contributed by atoms with Crippen LogP contribution in [0.3, 0.4) is 0 Å². The van der Waals surface area contributed by atoms with E-state index in [0.29, 0.717) is 41.7 Å². The molecule has 0 aliphatic rings. The largest absolute Gasteiger partial charge is 0.484 e. The molecule has 0 spiro atoms. The molecule has 11 heteroatoms. The number of hydrogen-bond donors (Lipinski definition) is 1. The monoisotopic (exact) mass is 497 g/mol. The van der Waals surface area contributed by atoms with E-state index >= 15 is 0 Å². The molecule has 11 nitrogen and oxygen atoms in total. The average Bonchev–Trinajstić information content (AvgIpc) is 3.61. The number of anilines is 1. The van der Waals surface area contributed by atoms with Gasteiger partial charge in [-0.3, -0.25) is 15.1 Å². The number of hydrogen-bond acceptors (Lipinski definition) is 9. The molecule has 4 heterocycles. The number of rotatable bonds is 10. The van der Waals surface area contributed by atoms with Crippen molar-refractivity contribution in [3.8, 4) is 28.6 Å². The summed E-state index contributed by atoms with van der Waals surface area (Å²) in [5, 5.41) is 11.2. The highest BCUT2D eigenvalue weighted by Gasteiger charge is 2.15. The quantitative estimate of drug-likeness (QED) is 0.307. The van der Waals surface area contributed by atoms with Crippen molar-refractivity contribution in [2.75, 3.05) is 19.0 Å². The summed E-state index contributed by atoms with van der Waals surface area (Å²) in [5.41, 5.74) is 3.09. The molecule has 186 valence electrons. The summed E-state index contributed by atoms with van der Waals surface area (Å²) < 4.78 is 17.8. The van der Waals surface area contributed by atoms with Crippen molar-refractivity contribution < 1.29 is 18.7 Å². The lowest BCUT2D eigenvalue weighted by Gasteiger charge is -2.08. The Kier molecular flexibility index (Phi) is 7.23. The summed E-state index contributed by atoms with van der Waals surface area (Å²) in [7, 11) is 1.63. The number of pyridine rings is 1. The van der Waals surface area contributed by atoms with Crippen LogP contribution in [-0.4, -0.2) is 49.6 Å². The average molecular weight is 498 g/mol. The van der Waals surface area contributed by atoms with Gasteiger partial charge >= 0.3 is 0 Å². The first kappa shape index (κ1) is 23.8. The number of ether oxygens (including phenoxy) is 2. The Morgan fingerprint density at radius 2 is 1.78 bits per heavy atom.